The lowest BCUT2D eigenvalue weighted by Gasteiger charge is -2.16. The van der Waals surface area contributed by atoms with E-state index in [0.717, 1.165) is 5.56 Å². The molecular weight excluding hydrogens is 342 g/mol. The number of benzene rings is 1. The van der Waals surface area contributed by atoms with Gasteiger partial charge in [-0.3, -0.25) is 4.79 Å². The number of carbonyl (C=O) groups is 2. The Labute approximate surface area is 150 Å². The number of carboxylic acid groups (broad SMARTS) is 1. The number of nitrogens with one attached hydrogen (secondary N) is 1. The summed E-state index contributed by atoms with van der Waals surface area (Å²) in [5.41, 5.74) is 0.791. The van der Waals surface area contributed by atoms with E-state index >= 15 is 0 Å². The lowest BCUT2D eigenvalue weighted by atomic mass is 10.1. The minimum atomic E-state index is -1.23. The number of carboxylic acids is 1. The second kappa shape index (κ2) is 8.91. The molecule has 0 radical (unpaired) electrons. The largest absolute Gasteiger partial charge is 0.493 e. The second-order valence-electron chi connectivity index (χ2n) is 5.42. The number of furan rings is 1. The normalized spacial score (nSPS) is 11.7. The van der Waals surface area contributed by atoms with E-state index in [1.807, 2.05) is 0 Å². The molecule has 0 saturated carbocycles. The van der Waals surface area contributed by atoms with Crippen LogP contribution in [0.15, 0.2) is 34.7 Å². The third-order valence-corrected chi connectivity index (χ3v) is 3.62. The summed E-state index contributed by atoms with van der Waals surface area (Å²) in [5.74, 6) is -0.993. The molecule has 140 valence electrons. The van der Waals surface area contributed by atoms with E-state index in [2.05, 4.69) is 5.32 Å². The lowest BCUT2D eigenvalue weighted by molar-refractivity contribution is 0.0659. The summed E-state index contributed by atoms with van der Waals surface area (Å²) >= 11 is 0. The van der Waals surface area contributed by atoms with Crippen molar-refractivity contribution in [3.8, 4) is 11.5 Å². The fourth-order valence-electron chi connectivity index (χ4n) is 2.23. The topological polar surface area (TPSA) is 107 Å². The van der Waals surface area contributed by atoms with E-state index in [1.165, 1.54) is 19.2 Å². The van der Waals surface area contributed by atoms with Crippen molar-refractivity contribution in [3.05, 3.63) is 47.4 Å². The van der Waals surface area contributed by atoms with Crippen molar-refractivity contribution in [2.75, 3.05) is 27.4 Å². The molecule has 0 spiro atoms. The van der Waals surface area contributed by atoms with Gasteiger partial charge in [-0.25, -0.2) is 4.79 Å². The maximum absolute atomic E-state index is 12.2. The van der Waals surface area contributed by atoms with Gasteiger partial charge in [0.15, 0.2) is 17.3 Å². The number of aromatic carboxylic acids is 1. The second-order valence-corrected chi connectivity index (χ2v) is 5.42. The number of amides is 1. The van der Waals surface area contributed by atoms with E-state index in [9.17, 15) is 9.59 Å². The van der Waals surface area contributed by atoms with Crippen molar-refractivity contribution >= 4 is 11.9 Å². The molecule has 2 aromatic rings. The van der Waals surface area contributed by atoms with Crippen LogP contribution >= 0.6 is 0 Å². The van der Waals surface area contributed by atoms with Crippen LogP contribution in [0.5, 0.6) is 11.5 Å². The first-order chi connectivity index (χ1) is 12.5. The Morgan fingerprint density at radius 1 is 1.12 bits per heavy atom. The molecular formula is C18H21NO7. The summed E-state index contributed by atoms with van der Waals surface area (Å²) in [7, 11) is 3.12. The van der Waals surface area contributed by atoms with Crippen LogP contribution in [0.1, 0.15) is 39.6 Å². The monoisotopic (exact) mass is 363 g/mol. The van der Waals surface area contributed by atoms with Gasteiger partial charge >= 0.3 is 5.97 Å². The van der Waals surface area contributed by atoms with Crippen LogP contribution in [0.25, 0.3) is 0 Å². The van der Waals surface area contributed by atoms with Crippen LogP contribution < -0.4 is 14.8 Å². The van der Waals surface area contributed by atoms with Crippen LogP contribution in [0.3, 0.4) is 0 Å². The van der Waals surface area contributed by atoms with E-state index in [0.29, 0.717) is 24.7 Å². The molecule has 1 atom stereocenters. The zero-order valence-electron chi connectivity index (χ0n) is 14.8. The number of hydrogen-bond acceptors (Lipinski definition) is 6. The summed E-state index contributed by atoms with van der Waals surface area (Å²) in [5, 5.41) is 11.6. The Morgan fingerprint density at radius 3 is 2.46 bits per heavy atom. The van der Waals surface area contributed by atoms with Gasteiger partial charge in [-0.05, 0) is 36.8 Å². The molecule has 2 N–H and O–H groups in total. The summed E-state index contributed by atoms with van der Waals surface area (Å²) in [6.45, 7) is 2.64. The van der Waals surface area contributed by atoms with E-state index in [1.54, 1.807) is 32.2 Å². The average molecular weight is 363 g/mol. The standard InChI is InChI=1S/C18H21NO7/c1-11(19-17(20)14-6-7-15(26-14)18(21)22)12-4-5-13(16(10-12)24-3)25-9-8-23-2/h4-7,10-11H,8-9H2,1-3H3,(H,19,20)(H,21,22). The minimum absolute atomic E-state index is 0.0688. The third-order valence-electron chi connectivity index (χ3n) is 3.62. The van der Waals surface area contributed by atoms with Gasteiger partial charge in [0.25, 0.3) is 5.91 Å². The molecule has 1 heterocycles. The quantitative estimate of drug-likeness (QED) is 0.659. The molecule has 0 aliphatic heterocycles. The zero-order chi connectivity index (χ0) is 19.1. The third kappa shape index (κ3) is 4.76. The van der Waals surface area contributed by atoms with Gasteiger partial charge in [-0.1, -0.05) is 6.07 Å². The number of carbonyl (C=O) groups excluding carboxylic acids is 1. The van der Waals surface area contributed by atoms with Gasteiger partial charge in [0.2, 0.25) is 5.76 Å². The Balaban J connectivity index is 2.06. The van der Waals surface area contributed by atoms with Crippen LogP contribution in [0, 0.1) is 0 Å². The van der Waals surface area contributed by atoms with Crippen molar-refractivity contribution < 1.29 is 33.3 Å². The molecule has 2 rings (SSSR count). The summed E-state index contributed by atoms with van der Waals surface area (Å²) in [6.07, 6.45) is 0. The Bertz CT molecular complexity index is 769. The fraction of sp³-hybridized carbons (Fsp3) is 0.333. The Kier molecular flexibility index (Phi) is 6.62. The lowest BCUT2D eigenvalue weighted by Crippen LogP contribution is -2.26. The highest BCUT2D eigenvalue weighted by Gasteiger charge is 2.18. The SMILES string of the molecule is COCCOc1ccc(C(C)NC(=O)c2ccc(C(=O)O)o2)cc1OC. The zero-order valence-corrected chi connectivity index (χ0v) is 14.8. The van der Waals surface area contributed by atoms with Crippen LogP contribution in [0.2, 0.25) is 0 Å². The maximum Gasteiger partial charge on any atom is 0.371 e. The highest BCUT2D eigenvalue weighted by molar-refractivity contribution is 5.93. The van der Waals surface area contributed by atoms with Gasteiger partial charge < -0.3 is 29.1 Å². The highest BCUT2D eigenvalue weighted by Crippen LogP contribution is 2.30. The molecule has 1 aromatic carbocycles. The van der Waals surface area contributed by atoms with Crippen molar-refractivity contribution in [1.82, 2.24) is 5.32 Å². The molecule has 0 fully saturated rings. The Hall–Kier alpha value is -3.00. The molecule has 0 aliphatic rings. The van der Waals surface area contributed by atoms with Crippen LogP contribution in [-0.2, 0) is 4.74 Å². The van der Waals surface area contributed by atoms with Crippen LogP contribution in [0.4, 0.5) is 0 Å². The first-order valence-electron chi connectivity index (χ1n) is 7.90. The molecule has 26 heavy (non-hydrogen) atoms. The molecule has 0 bridgehead atoms. The summed E-state index contributed by atoms with van der Waals surface area (Å²) < 4.78 is 20.8. The average Bonchev–Trinajstić information content (AvgIpc) is 3.12. The molecule has 1 aromatic heterocycles. The van der Waals surface area contributed by atoms with Gasteiger partial charge in [0.1, 0.15) is 6.61 Å². The number of methoxy groups -OCH3 is 2. The van der Waals surface area contributed by atoms with Gasteiger partial charge in [-0.2, -0.15) is 0 Å². The molecule has 8 heteroatoms. The number of hydrogen-bond donors (Lipinski definition) is 2. The van der Waals surface area contributed by atoms with E-state index in [-0.39, 0.29) is 17.6 Å². The first kappa shape index (κ1) is 19.3. The Morgan fingerprint density at radius 2 is 1.85 bits per heavy atom. The predicted molar refractivity (Wildman–Crippen MR) is 91.9 cm³/mol. The van der Waals surface area contributed by atoms with Gasteiger partial charge in [-0.15, -0.1) is 0 Å². The smallest absolute Gasteiger partial charge is 0.371 e. The maximum atomic E-state index is 12.2. The summed E-state index contributed by atoms with van der Waals surface area (Å²) in [6, 6.07) is 7.51. The summed E-state index contributed by atoms with van der Waals surface area (Å²) in [4.78, 5) is 23.0. The molecule has 0 saturated heterocycles. The fourth-order valence-corrected chi connectivity index (χ4v) is 2.23. The molecule has 1 amide bonds. The van der Waals surface area contributed by atoms with Gasteiger partial charge in [0, 0.05) is 7.11 Å². The predicted octanol–water partition coefficient (Wildman–Crippen LogP) is 2.50. The molecule has 8 nitrogen and oxygen atoms in total. The van der Waals surface area contributed by atoms with Crippen molar-refractivity contribution in [3.63, 3.8) is 0 Å². The van der Waals surface area contributed by atoms with Crippen LogP contribution in [-0.4, -0.2) is 44.4 Å². The van der Waals surface area contributed by atoms with Crippen molar-refractivity contribution in [2.45, 2.75) is 13.0 Å². The van der Waals surface area contributed by atoms with Crippen molar-refractivity contribution in [1.29, 1.82) is 0 Å². The highest BCUT2D eigenvalue weighted by atomic mass is 16.5. The van der Waals surface area contributed by atoms with E-state index in [4.69, 9.17) is 23.7 Å². The number of ether oxygens (including phenoxy) is 3. The van der Waals surface area contributed by atoms with E-state index < -0.39 is 11.9 Å². The molecule has 1 unspecified atom stereocenters. The van der Waals surface area contributed by atoms with Gasteiger partial charge in [0.05, 0.1) is 19.8 Å². The minimum Gasteiger partial charge on any atom is -0.493 e. The number of rotatable bonds is 9. The first-order valence-corrected chi connectivity index (χ1v) is 7.90. The van der Waals surface area contributed by atoms with Crippen molar-refractivity contribution in [2.24, 2.45) is 0 Å². The molecule has 0 aliphatic carbocycles.